The number of piperidine rings is 1. The fourth-order valence-corrected chi connectivity index (χ4v) is 3.84. The number of nitrogens with one attached hydrogen (secondary N) is 2. The molecule has 0 unspecified atom stereocenters. The summed E-state index contributed by atoms with van der Waals surface area (Å²) in [6.45, 7) is 3.05. The first-order valence-electron chi connectivity index (χ1n) is 8.93. The molecule has 0 radical (unpaired) electrons. The number of amides is 1. The van der Waals surface area contributed by atoms with Crippen molar-refractivity contribution in [1.29, 1.82) is 0 Å². The predicted octanol–water partition coefficient (Wildman–Crippen LogP) is 2.29. The van der Waals surface area contributed by atoms with Gasteiger partial charge in [-0.15, -0.1) is 0 Å². The molecule has 0 saturated carbocycles. The molecule has 24 heavy (non-hydrogen) atoms. The van der Waals surface area contributed by atoms with Gasteiger partial charge in [0.15, 0.2) is 5.69 Å². The number of fused-ring (bicyclic) bond motifs is 1. The Bertz CT molecular complexity index is 701. The van der Waals surface area contributed by atoms with Gasteiger partial charge in [-0.25, -0.2) is 0 Å². The normalized spacial score (nSPS) is 18.5. The number of likely N-dealkylation sites (tertiary alicyclic amines) is 1. The van der Waals surface area contributed by atoms with E-state index in [-0.39, 0.29) is 11.9 Å². The van der Waals surface area contributed by atoms with E-state index in [2.05, 4.69) is 50.7 Å². The highest BCUT2D eigenvalue weighted by Gasteiger charge is 2.26. The minimum Gasteiger partial charge on any atom is -0.348 e. The van der Waals surface area contributed by atoms with Gasteiger partial charge < -0.3 is 5.32 Å². The molecule has 0 atom stereocenters. The van der Waals surface area contributed by atoms with E-state index in [1.54, 1.807) is 0 Å². The second-order valence-electron chi connectivity index (χ2n) is 6.89. The highest BCUT2D eigenvalue weighted by Crippen LogP contribution is 2.23. The molecule has 2 aromatic rings. The summed E-state index contributed by atoms with van der Waals surface area (Å²) in [7, 11) is 0. The second kappa shape index (κ2) is 6.77. The molecule has 5 nitrogen and oxygen atoms in total. The van der Waals surface area contributed by atoms with Gasteiger partial charge in [0.1, 0.15) is 0 Å². The van der Waals surface area contributed by atoms with E-state index in [4.69, 9.17) is 0 Å². The number of aromatic nitrogens is 2. The number of aryl methyl sites for hydroxylation is 1. The summed E-state index contributed by atoms with van der Waals surface area (Å²) in [4.78, 5) is 15.0. The number of H-pyrrole nitrogens is 1. The molecule has 4 rings (SSSR count). The van der Waals surface area contributed by atoms with Crippen LogP contribution in [0.5, 0.6) is 0 Å². The summed E-state index contributed by atoms with van der Waals surface area (Å²) in [6, 6.07) is 10.8. The van der Waals surface area contributed by atoms with Gasteiger partial charge in [-0.05, 0) is 37.7 Å². The van der Waals surface area contributed by atoms with Gasteiger partial charge in [-0.1, -0.05) is 30.3 Å². The Kier molecular flexibility index (Phi) is 4.34. The summed E-state index contributed by atoms with van der Waals surface area (Å²) in [5.41, 5.74) is 4.26. The summed E-state index contributed by atoms with van der Waals surface area (Å²) in [6.07, 6.45) is 5.13. The number of carbonyl (C=O) groups is 1. The van der Waals surface area contributed by atoms with E-state index in [0.29, 0.717) is 5.69 Å². The number of benzene rings is 1. The summed E-state index contributed by atoms with van der Waals surface area (Å²) >= 11 is 0. The Morgan fingerprint density at radius 1 is 1.21 bits per heavy atom. The van der Waals surface area contributed by atoms with Crippen molar-refractivity contribution in [3.63, 3.8) is 0 Å². The van der Waals surface area contributed by atoms with Gasteiger partial charge >= 0.3 is 0 Å². The van der Waals surface area contributed by atoms with E-state index in [9.17, 15) is 4.79 Å². The van der Waals surface area contributed by atoms with Crippen molar-refractivity contribution in [2.75, 3.05) is 13.1 Å². The lowest BCUT2D eigenvalue weighted by Gasteiger charge is -2.32. The minimum absolute atomic E-state index is 0.00379. The Hall–Kier alpha value is -2.14. The van der Waals surface area contributed by atoms with E-state index in [1.165, 1.54) is 5.56 Å². The van der Waals surface area contributed by atoms with Crippen molar-refractivity contribution in [2.45, 2.75) is 44.7 Å². The molecular formula is C19H24N4O. The molecule has 126 valence electrons. The molecule has 1 aromatic heterocycles. The fraction of sp³-hybridized carbons (Fsp3) is 0.474. The topological polar surface area (TPSA) is 61.0 Å². The Balaban J connectivity index is 1.29. The molecule has 1 fully saturated rings. The SMILES string of the molecule is O=C(NC1CCN(Cc2ccccc2)CC1)c1n[nH]c2c1CCC2. The lowest BCUT2D eigenvalue weighted by molar-refractivity contribution is 0.0903. The van der Waals surface area contributed by atoms with Gasteiger partial charge in [0.25, 0.3) is 5.91 Å². The van der Waals surface area contributed by atoms with Crippen molar-refractivity contribution in [1.82, 2.24) is 20.4 Å². The predicted molar refractivity (Wildman–Crippen MR) is 92.8 cm³/mol. The van der Waals surface area contributed by atoms with Crippen LogP contribution in [0, 0.1) is 0 Å². The van der Waals surface area contributed by atoms with Crippen molar-refractivity contribution in [3.8, 4) is 0 Å². The Morgan fingerprint density at radius 3 is 2.79 bits per heavy atom. The molecule has 1 aliphatic heterocycles. The summed E-state index contributed by atoms with van der Waals surface area (Å²) in [5, 5.41) is 10.4. The van der Waals surface area contributed by atoms with Crippen LogP contribution in [-0.4, -0.2) is 40.1 Å². The van der Waals surface area contributed by atoms with Crippen LogP contribution in [-0.2, 0) is 19.4 Å². The maximum absolute atomic E-state index is 12.5. The van der Waals surface area contributed by atoms with Gasteiger partial charge in [0, 0.05) is 36.9 Å². The molecule has 0 bridgehead atoms. The molecule has 2 N–H and O–H groups in total. The average Bonchev–Trinajstić information content (AvgIpc) is 3.21. The fourth-order valence-electron chi connectivity index (χ4n) is 3.84. The van der Waals surface area contributed by atoms with Crippen molar-refractivity contribution in [2.24, 2.45) is 0 Å². The maximum Gasteiger partial charge on any atom is 0.272 e. The van der Waals surface area contributed by atoms with E-state index in [0.717, 1.165) is 63.0 Å². The van der Waals surface area contributed by atoms with Gasteiger partial charge in [0.2, 0.25) is 0 Å². The molecule has 0 spiro atoms. The quantitative estimate of drug-likeness (QED) is 0.907. The van der Waals surface area contributed by atoms with Crippen LogP contribution in [0.25, 0.3) is 0 Å². The second-order valence-corrected chi connectivity index (χ2v) is 6.89. The third-order valence-electron chi connectivity index (χ3n) is 5.19. The molecule has 2 aliphatic rings. The lowest BCUT2D eigenvalue weighted by atomic mass is 10.0. The standard InChI is InChI=1S/C19H24N4O/c24-19(18-16-7-4-8-17(16)21-22-18)20-15-9-11-23(12-10-15)13-14-5-2-1-3-6-14/h1-3,5-6,15H,4,7-13H2,(H,20,24)(H,21,22). The first-order valence-corrected chi connectivity index (χ1v) is 8.93. The Labute approximate surface area is 142 Å². The van der Waals surface area contributed by atoms with Crippen LogP contribution in [0.3, 0.4) is 0 Å². The molecule has 5 heteroatoms. The molecular weight excluding hydrogens is 300 g/mol. The Morgan fingerprint density at radius 2 is 2.00 bits per heavy atom. The number of nitrogens with zero attached hydrogens (tertiary/aromatic N) is 2. The third kappa shape index (κ3) is 3.22. The molecule has 1 saturated heterocycles. The van der Waals surface area contributed by atoms with E-state index >= 15 is 0 Å². The average molecular weight is 324 g/mol. The van der Waals surface area contributed by atoms with Crippen molar-refractivity contribution in [3.05, 3.63) is 52.8 Å². The van der Waals surface area contributed by atoms with Gasteiger partial charge in [-0.2, -0.15) is 5.10 Å². The van der Waals surface area contributed by atoms with Gasteiger partial charge in [0.05, 0.1) is 0 Å². The monoisotopic (exact) mass is 324 g/mol. The van der Waals surface area contributed by atoms with Crippen LogP contribution in [0.15, 0.2) is 30.3 Å². The van der Waals surface area contributed by atoms with Crippen LogP contribution in [0.4, 0.5) is 0 Å². The van der Waals surface area contributed by atoms with E-state index in [1.807, 2.05) is 0 Å². The number of rotatable bonds is 4. The zero-order valence-corrected chi connectivity index (χ0v) is 13.9. The van der Waals surface area contributed by atoms with Crippen molar-refractivity contribution >= 4 is 5.91 Å². The van der Waals surface area contributed by atoms with Crippen molar-refractivity contribution < 1.29 is 4.79 Å². The van der Waals surface area contributed by atoms with Crippen LogP contribution in [0.2, 0.25) is 0 Å². The summed E-state index contributed by atoms with van der Waals surface area (Å²) in [5.74, 6) is -0.00379. The van der Waals surface area contributed by atoms with Crippen LogP contribution in [0.1, 0.15) is 46.6 Å². The minimum atomic E-state index is -0.00379. The summed E-state index contributed by atoms with van der Waals surface area (Å²) < 4.78 is 0. The number of hydrogen-bond acceptors (Lipinski definition) is 3. The highest BCUT2D eigenvalue weighted by atomic mass is 16.2. The zero-order valence-electron chi connectivity index (χ0n) is 13.9. The third-order valence-corrected chi connectivity index (χ3v) is 5.19. The molecule has 1 amide bonds. The molecule has 1 aliphatic carbocycles. The van der Waals surface area contributed by atoms with Gasteiger partial charge in [-0.3, -0.25) is 14.8 Å². The zero-order chi connectivity index (χ0) is 16.4. The number of aromatic amines is 1. The number of hydrogen-bond donors (Lipinski definition) is 2. The van der Waals surface area contributed by atoms with E-state index < -0.39 is 0 Å². The first kappa shape index (κ1) is 15.4. The molecule has 2 heterocycles. The first-order chi connectivity index (χ1) is 11.8. The van der Waals surface area contributed by atoms with Crippen LogP contribution < -0.4 is 5.32 Å². The number of carbonyl (C=O) groups excluding carboxylic acids is 1. The highest BCUT2D eigenvalue weighted by molar-refractivity contribution is 5.94. The van der Waals surface area contributed by atoms with Crippen LogP contribution >= 0.6 is 0 Å². The lowest BCUT2D eigenvalue weighted by Crippen LogP contribution is -2.44. The largest absolute Gasteiger partial charge is 0.348 e. The molecule has 1 aromatic carbocycles. The smallest absolute Gasteiger partial charge is 0.272 e. The maximum atomic E-state index is 12.5.